The van der Waals surface area contributed by atoms with Gasteiger partial charge in [-0.05, 0) is 50.8 Å². The summed E-state index contributed by atoms with van der Waals surface area (Å²) < 4.78 is 15.2. The lowest BCUT2D eigenvalue weighted by Gasteiger charge is -2.25. The Kier molecular flexibility index (Phi) is 6.33. The van der Waals surface area contributed by atoms with Crippen LogP contribution in [0.15, 0.2) is 55.0 Å². The SMILES string of the molecule is CC(COc1ccccc1)Nc1ncc2c(-c3cnn(C4COC4)c3)cc([C@H]3CC[C@H](O)CC3)n2n1. The zero-order chi connectivity index (χ0) is 24.5. The van der Waals surface area contributed by atoms with Gasteiger partial charge in [-0.15, -0.1) is 5.10 Å². The molecule has 2 N–H and O–H groups in total. The summed E-state index contributed by atoms with van der Waals surface area (Å²) in [7, 11) is 0. The second-order valence-electron chi connectivity index (χ2n) is 9.94. The molecule has 0 amide bonds. The van der Waals surface area contributed by atoms with Gasteiger partial charge in [0.05, 0.1) is 49.3 Å². The Morgan fingerprint density at radius 1 is 1.14 bits per heavy atom. The van der Waals surface area contributed by atoms with E-state index in [1.807, 2.05) is 51.9 Å². The number of anilines is 1. The standard InChI is InChI=1S/C27H32N6O3/c1-18(15-36-23-5-3-2-4-6-23)30-27-28-13-26-24(20-12-29-32(14-20)21-16-35-17-21)11-25(33(26)31-27)19-7-9-22(34)10-8-19/h2-6,11-14,18-19,21-22,34H,7-10,15-17H2,1H3,(H,30,31)/t18?,19-,22-. The van der Waals surface area contributed by atoms with Gasteiger partial charge in [0.1, 0.15) is 12.4 Å². The van der Waals surface area contributed by atoms with E-state index in [1.54, 1.807) is 0 Å². The Labute approximate surface area is 210 Å². The zero-order valence-corrected chi connectivity index (χ0v) is 20.5. The van der Waals surface area contributed by atoms with E-state index in [-0.39, 0.29) is 12.1 Å². The van der Waals surface area contributed by atoms with Crippen LogP contribution in [0.1, 0.15) is 50.3 Å². The van der Waals surface area contributed by atoms with Crippen molar-refractivity contribution in [3.05, 3.63) is 60.7 Å². The number of hydrogen-bond acceptors (Lipinski definition) is 7. The zero-order valence-electron chi connectivity index (χ0n) is 20.5. The molecular weight excluding hydrogens is 456 g/mol. The average molecular weight is 489 g/mol. The summed E-state index contributed by atoms with van der Waals surface area (Å²) in [6.07, 6.45) is 9.21. The van der Waals surface area contributed by atoms with Crippen molar-refractivity contribution in [2.75, 3.05) is 25.1 Å². The lowest BCUT2D eigenvalue weighted by Crippen LogP contribution is -2.30. The number of para-hydroxylation sites is 1. The number of benzene rings is 1. The normalized spacial score (nSPS) is 21.3. The van der Waals surface area contributed by atoms with Crippen LogP contribution in [0, 0.1) is 0 Å². The molecule has 9 heteroatoms. The van der Waals surface area contributed by atoms with Crippen molar-refractivity contribution >= 4 is 11.5 Å². The van der Waals surface area contributed by atoms with E-state index in [2.05, 4.69) is 34.6 Å². The summed E-state index contributed by atoms with van der Waals surface area (Å²) in [4.78, 5) is 4.64. The third-order valence-corrected chi connectivity index (χ3v) is 7.19. The maximum absolute atomic E-state index is 10.1. The molecule has 2 fully saturated rings. The average Bonchev–Trinajstić information content (AvgIpc) is 3.48. The molecule has 6 rings (SSSR count). The molecule has 0 radical (unpaired) electrons. The summed E-state index contributed by atoms with van der Waals surface area (Å²) in [6.45, 7) is 3.97. The van der Waals surface area contributed by atoms with E-state index >= 15 is 0 Å². The highest BCUT2D eigenvalue weighted by atomic mass is 16.5. The van der Waals surface area contributed by atoms with Crippen molar-refractivity contribution in [1.82, 2.24) is 24.4 Å². The lowest BCUT2D eigenvalue weighted by molar-refractivity contribution is -0.0286. The molecule has 0 spiro atoms. The quantitative estimate of drug-likeness (QED) is 0.386. The Morgan fingerprint density at radius 2 is 1.94 bits per heavy atom. The largest absolute Gasteiger partial charge is 0.491 e. The molecular formula is C27H32N6O3. The molecule has 1 atom stereocenters. The molecule has 4 heterocycles. The smallest absolute Gasteiger partial charge is 0.241 e. The number of ether oxygens (including phenoxy) is 2. The first kappa shape index (κ1) is 23.0. The predicted octanol–water partition coefficient (Wildman–Crippen LogP) is 4.06. The molecule has 3 aromatic heterocycles. The topological polar surface area (TPSA) is 98.7 Å². The van der Waals surface area contributed by atoms with Gasteiger partial charge in [-0.25, -0.2) is 9.50 Å². The van der Waals surface area contributed by atoms with Gasteiger partial charge < -0.3 is 19.9 Å². The summed E-state index contributed by atoms with van der Waals surface area (Å²) in [6, 6.07) is 12.4. The molecule has 1 saturated carbocycles. The Bertz CT molecular complexity index is 1310. The summed E-state index contributed by atoms with van der Waals surface area (Å²) in [5.74, 6) is 1.74. The Hall–Kier alpha value is -3.43. The van der Waals surface area contributed by atoms with Crippen LogP contribution in [-0.2, 0) is 4.74 Å². The van der Waals surface area contributed by atoms with Crippen LogP contribution >= 0.6 is 0 Å². The number of aromatic nitrogens is 5. The first-order valence-electron chi connectivity index (χ1n) is 12.8. The molecule has 2 aliphatic rings. The first-order chi connectivity index (χ1) is 17.6. The minimum absolute atomic E-state index is 0.0221. The third kappa shape index (κ3) is 4.68. The predicted molar refractivity (Wildman–Crippen MR) is 136 cm³/mol. The second kappa shape index (κ2) is 9.91. The molecule has 1 aromatic carbocycles. The highest BCUT2D eigenvalue weighted by Gasteiger charge is 2.27. The monoisotopic (exact) mass is 488 g/mol. The van der Waals surface area contributed by atoms with E-state index < -0.39 is 0 Å². The Balaban J connectivity index is 1.28. The van der Waals surface area contributed by atoms with E-state index in [1.165, 1.54) is 0 Å². The highest BCUT2D eigenvalue weighted by Crippen LogP contribution is 2.38. The fraction of sp³-hybridized carbons (Fsp3) is 0.444. The fourth-order valence-electron chi connectivity index (χ4n) is 5.03. The molecule has 36 heavy (non-hydrogen) atoms. The van der Waals surface area contributed by atoms with Crippen LogP contribution in [0.5, 0.6) is 5.75 Å². The van der Waals surface area contributed by atoms with Crippen LogP contribution in [-0.4, -0.2) is 61.5 Å². The molecule has 1 aliphatic heterocycles. The number of rotatable bonds is 8. The number of aliphatic hydroxyl groups is 1. The first-order valence-corrected chi connectivity index (χ1v) is 12.8. The Morgan fingerprint density at radius 3 is 2.69 bits per heavy atom. The lowest BCUT2D eigenvalue weighted by atomic mass is 9.85. The molecule has 0 bridgehead atoms. The van der Waals surface area contributed by atoms with Crippen molar-refractivity contribution in [2.45, 2.75) is 56.7 Å². The van der Waals surface area contributed by atoms with Crippen molar-refractivity contribution in [1.29, 1.82) is 0 Å². The van der Waals surface area contributed by atoms with Crippen LogP contribution in [0.25, 0.3) is 16.6 Å². The number of hydrogen-bond donors (Lipinski definition) is 2. The van der Waals surface area contributed by atoms with Crippen molar-refractivity contribution < 1.29 is 14.6 Å². The molecule has 1 saturated heterocycles. The number of nitrogens with zero attached hydrogens (tertiary/aromatic N) is 5. The van der Waals surface area contributed by atoms with E-state index in [9.17, 15) is 5.11 Å². The van der Waals surface area contributed by atoms with Crippen molar-refractivity contribution in [3.8, 4) is 16.9 Å². The highest BCUT2D eigenvalue weighted by molar-refractivity contribution is 5.81. The van der Waals surface area contributed by atoms with E-state index in [0.717, 1.165) is 53.8 Å². The van der Waals surface area contributed by atoms with Crippen LogP contribution in [0.4, 0.5) is 5.95 Å². The number of nitrogens with one attached hydrogen (secondary N) is 1. The second-order valence-corrected chi connectivity index (χ2v) is 9.94. The molecule has 4 aromatic rings. The molecule has 1 aliphatic carbocycles. The van der Waals surface area contributed by atoms with Crippen LogP contribution in [0.2, 0.25) is 0 Å². The van der Waals surface area contributed by atoms with Crippen molar-refractivity contribution in [2.24, 2.45) is 0 Å². The van der Waals surface area contributed by atoms with Gasteiger partial charge in [0.15, 0.2) is 0 Å². The third-order valence-electron chi connectivity index (χ3n) is 7.19. The summed E-state index contributed by atoms with van der Waals surface area (Å²) in [5, 5.41) is 22.9. The fourth-order valence-corrected chi connectivity index (χ4v) is 5.03. The van der Waals surface area contributed by atoms with Gasteiger partial charge in [0.25, 0.3) is 0 Å². The van der Waals surface area contributed by atoms with Gasteiger partial charge in [-0.2, -0.15) is 5.10 Å². The van der Waals surface area contributed by atoms with Gasteiger partial charge in [-0.3, -0.25) is 4.68 Å². The van der Waals surface area contributed by atoms with E-state index in [4.69, 9.17) is 14.6 Å². The minimum Gasteiger partial charge on any atom is -0.491 e. The van der Waals surface area contributed by atoms with Gasteiger partial charge in [0, 0.05) is 28.9 Å². The van der Waals surface area contributed by atoms with Crippen molar-refractivity contribution in [3.63, 3.8) is 0 Å². The molecule has 188 valence electrons. The summed E-state index contributed by atoms with van der Waals surface area (Å²) >= 11 is 0. The number of fused-ring (bicyclic) bond motifs is 1. The van der Waals surface area contributed by atoms with Crippen LogP contribution in [0.3, 0.4) is 0 Å². The minimum atomic E-state index is -0.202. The van der Waals surface area contributed by atoms with Gasteiger partial charge in [0.2, 0.25) is 5.95 Å². The molecule has 9 nitrogen and oxygen atoms in total. The van der Waals surface area contributed by atoms with Gasteiger partial charge in [-0.1, -0.05) is 18.2 Å². The maximum Gasteiger partial charge on any atom is 0.241 e. The van der Waals surface area contributed by atoms with Gasteiger partial charge >= 0.3 is 0 Å². The summed E-state index contributed by atoms with van der Waals surface area (Å²) in [5.41, 5.74) is 4.24. The number of aliphatic hydroxyl groups excluding tert-OH is 1. The van der Waals surface area contributed by atoms with E-state index in [0.29, 0.717) is 37.7 Å². The maximum atomic E-state index is 10.1. The van der Waals surface area contributed by atoms with Crippen LogP contribution < -0.4 is 10.1 Å². The molecule has 1 unspecified atom stereocenters.